The highest BCUT2D eigenvalue weighted by Crippen LogP contribution is 2.19. The van der Waals surface area contributed by atoms with E-state index >= 15 is 0 Å². The molecule has 98 valence electrons. The molecule has 0 aromatic heterocycles. The molecule has 0 radical (unpaired) electrons. The summed E-state index contributed by atoms with van der Waals surface area (Å²) in [5.41, 5.74) is 0.695. The van der Waals surface area contributed by atoms with Crippen LogP contribution in [-0.2, 0) is 0 Å². The van der Waals surface area contributed by atoms with E-state index in [1.54, 1.807) is 0 Å². The van der Waals surface area contributed by atoms with Crippen molar-refractivity contribution in [1.82, 2.24) is 0 Å². The lowest BCUT2D eigenvalue weighted by atomic mass is 10.1. The lowest BCUT2D eigenvalue weighted by Gasteiger charge is -2.07. The van der Waals surface area contributed by atoms with Crippen LogP contribution in [0.1, 0.15) is 16.8 Å². The Balaban J connectivity index is 1.90. The number of carbonyl (C=O) groups is 1. The fraction of sp³-hybridized carbons (Fsp3) is 0.133. The Labute approximate surface area is 129 Å². The van der Waals surface area contributed by atoms with E-state index in [-0.39, 0.29) is 5.78 Å². The van der Waals surface area contributed by atoms with E-state index in [9.17, 15) is 4.79 Å². The van der Waals surface area contributed by atoms with Gasteiger partial charge in [-0.25, -0.2) is 0 Å². The van der Waals surface area contributed by atoms with Gasteiger partial charge in [0.05, 0.1) is 6.61 Å². The number of Topliss-reactive ketones (excluding diaryl/α,β-unsaturated/α-hetero) is 1. The van der Waals surface area contributed by atoms with Gasteiger partial charge in [-0.2, -0.15) is 0 Å². The number of carbonyl (C=O) groups excluding carboxylic acids is 1. The average Bonchev–Trinajstić information content (AvgIpc) is 2.39. The minimum Gasteiger partial charge on any atom is -0.493 e. The fourth-order valence-electron chi connectivity index (χ4n) is 1.64. The lowest BCUT2D eigenvalue weighted by molar-refractivity contribution is 0.0961. The van der Waals surface area contributed by atoms with Crippen LogP contribution in [0.15, 0.2) is 57.5 Å². The number of benzene rings is 2. The predicted octanol–water partition coefficient (Wildman–Crippen LogP) is 4.86. The summed E-state index contributed by atoms with van der Waals surface area (Å²) in [7, 11) is 0. The molecule has 0 atom stereocenters. The molecule has 2 nitrogen and oxygen atoms in total. The molecule has 0 amide bonds. The van der Waals surface area contributed by atoms with Gasteiger partial charge < -0.3 is 4.74 Å². The minimum absolute atomic E-state index is 0.0717. The zero-order valence-electron chi connectivity index (χ0n) is 10.1. The maximum Gasteiger partial charge on any atom is 0.167 e. The molecular weight excluding hydrogens is 372 g/mol. The third kappa shape index (κ3) is 4.18. The van der Waals surface area contributed by atoms with Crippen molar-refractivity contribution in [2.45, 2.75) is 6.42 Å². The number of halogens is 2. The highest BCUT2D eigenvalue weighted by atomic mass is 79.9. The molecule has 0 aliphatic heterocycles. The molecule has 0 saturated carbocycles. The summed E-state index contributed by atoms with van der Waals surface area (Å²) in [5.74, 6) is 0.830. The zero-order valence-corrected chi connectivity index (χ0v) is 13.3. The Bertz CT molecular complexity index is 582. The van der Waals surface area contributed by atoms with E-state index in [1.807, 2.05) is 48.5 Å². The van der Waals surface area contributed by atoms with Gasteiger partial charge in [-0.1, -0.05) is 56.1 Å². The van der Waals surface area contributed by atoms with Crippen molar-refractivity contribution in [2.75, 3.05) is 6.61 Å². The summed E-state index contributed by atoms with van der Waals surface area (Å²) >= 11 is 6.75. The monoisotopic (exact) mass is 382 g/mol. The van der Waals surface area contributed by atoms with Crippen LogP contribution in [0.2, 0.25) is 0 Å². The van der Waals surface area contributed by atoms with Crippen LogP contribution in [-0.4, -0.2) is 12.4 Å². The van der Waals surface area contributed by atoms with Crippen molar-refractivity contribution in [3.05, 3.63) is 63.0 Å². The molecule has 4 heteroatoms. The summed E-state index contributed by atoms with van der Waals surface area (Å²) in [6.07, 6.45) is 0.356. The molecule has 2 aromatic carbocycles. The maximum atomic E-state index is 12.0. The highest BCUT2D eigenvalue weighted by Gasteiger charge is 2.09. The van der Waals surface area contributed by atoms with Crippen molar-refractivity contribution >= 4 is 37.6 Å². The molecule has 0 aliphatic carbocycles. The molecule has 0 heterocycles. The Morgan fingerprint density at radius 2 is 1.84 bits per heavy atom. The van der Waals surface area contributed by atoms with Crippen LogP contribution >= 0.6 is 31.9 Å². The van der Waals surface area contributed by atoms with Crippen LogP contribution in [0.3, 0.4) is 0 Å². The van der Waals surface area contributed by atoms with Crippen molar-refractivity contribution in [3.8, 4) is 5.75 Å². The van der Waals surface area contributed by atoms with Crippen molar-refractivity contribution < 1.29 is 9.53 Å². The summed E-state index contributed by atoms with van der Waals surface area (Å²) in [4.78, 5) is 12.0. The third-order valence-electron chi connectivity index (χ3n) is 2.57. The van der Waals surface area contributed by atoms with Crippen LogP contribution in [0.5, 0.6) is 5.75 Å². The second-order valence-electron chi connectivity index (χ2n) is 3.96. The van der Waals surface area contributed by atoms with E-state index < -0.39 is 0 Å². The van der Waals surface area contributed by atoms with Gasteiger partial charge in [0.2, 0.25) is 0 Å². The second-order valence-corrected chi connectivity index (χ2v) is 5.73. The minimum atomic E-state index is 0.0717. The summed E-state index contributed by atoms with van der Waals surface area (Å²) < 4.78 is 7.33. The molecule has 0 bridgehead atoms. The normalized spacial score (nSPS) is 10.2. The first-order valence-electron chi connectivity index (χ1n) is 5.83. The van der Waals surface area contributed by atoms with E-state index in [0.29, 0.717) is 18.6 Å². The summed E-state index contributed by atoms with van der Waals surface area (Å²) in [6.45, 7) is 0.372. The van der Waals surface area contributed by atoms with Gasteiger partial charge in [-0.05, 0) is 24.3 Å². The largest absolute Gasteiger partial charge is 0.493 e. The maximum absolute atomic E-state index is 12.0. The number of rotatable bonds is 5. The van der Waals surface area contributed by atoms with Crippen molar-refractivity contribution in [1.29, 1.82) is 0 Å². The molecule has 0 spiro atoms. The van der Waals surface area contributed by atoms with Crippen LogP contribution < -0.4 is 4.74 Å². The van der Waals surface area contributed by atoms with E-state index in [2.05, 4.69) is 31.9 Å². The van der Waals surface area contributed by atoms with E-state index in [0.717, 1.165) is 14.7 Å². The van der Waals surface area contributed by atoms with Gasteiger partial charge in [0, 0.05) is 20.9 Å². The molecule has 2 aromatic rings. The molecule has 0 fully saturated rings. The summed E-state index contributed by atoms with van der Waals surface area (Å²) in [6, 6.07) is 15.0. The van der Waals surface area contributed by atoms with Gasteiger partial charge >= 0.3 is 0 Å². The Kier molecular flexibility index (Phi) is 5.16. The number of hydrogen-bond donors (Lipinski definition) is 0. The number of ketones is 1. The molecule has 0 unspecified atom stereocenters. The summed E-state index contributed by atoms with van der Waals surface area (Å²) in [5, 5.41) is 0. The van der Waals surface area contributed by atoms with E-state index in [4.69, 9.17) is 4.74 Å². The van der Waals surface area contributed by atoms with Crippen LogP contribution in [0, 0.1) is 0 Å². The molecule has 19 heavy (non-hydrogen) atoms. The van der Waals surface area contributed by atoms with Gasteiger partial charge in [-0.3, -0.25) is 4.79 Å². The standard InChI is InChI=1S/C15H12Br2O2/c16-11-4-3-5-12(10-11)19-9-8-15(18)13-6-1-2-7-14(13)17/h1-7,10H,8-9H2. The van der Waals surface area contributed by atoms with Gasteiger partial charge in [0.1, 0.15) is 5.75 Å². The van der Waals surface area contributed by atoms with Gasteiger partial charge in [0.25, 0.3) is 0 Å². The molecule has 0 N–H and O–H groups in total. The Morgan fingerprint density at radius 1 is 1.05 bits per heavy atom. The quantitative estimate of drug-likeness (QED) is 0.689. The van der Waals surface area contributed by atoms with Crippen molar-refractivity contribution in [3.63, 3.8) is 0 Å². The molecule has 0 aliphatic rings. The van der Waals surface area contributed by atoms with Gasteiger partial charge in [0.15, 0.2) is 5.78 Å². The van der Waals surface area contributed by atoms with Crippen LogP contribution in [0.4, 0.5) is 0 Å². The Morgan fingerprint density at radius 3 is 2.58 bits per heavy atom. The number of hydrogen-bond acceptors (Lipinski definition) is 2. The zero-order chi connectivity index (χ0) is 13.7. The first-order chi connectivity index (χ1) is 9.16. The topological polar surface area (TPSA) is 26.3 Å². The third-order valence-corrected chi connectivity index (χ3v) is 3.75. The smallest absolute Gasteiger partial charge is 0.167 e. The van der Waals surface area contributed by atoms with Gasteiger partial charge in [-0.15, -0.1) is 0 Å². The first-order valence-corrected chi connectivity index (χ1v) is 7.41. The predicted molar refractivity (Wildman–Crippen MR) is 82.7 cm³/mol. The second kappa shape index (κ2) is 6.87. The first kappa shape index (κ1) is 14.3. The Hall–Kier alpha value is -1.13. The number of ether oxygens (including phenoxy) is 1. The highest BCUT2D eigenvalue weighted by molar-refractivity contribution is 9.10. The lowest BCUT2D eigenvalue weighted by Crippen LogP contribution is -2.07. The SMILES string of the molecule is O=C(CCOc1cccc(Br)c1)c1ccccc1Br. The molecule has 0 saturated heterocycles. The average molecular weight is 384 g/mol. The van der Waals surface area contributed by atoms with Crippen LogP contribution in [0.25, 0.3) is 0 Å². The van der Waals surface area contributed by atoms with E-state index in [1.165, 1.54) is 0 Å². The fourth-order valence-corrected chi connectivity index (χ4v) is 2.52. The van der Waals surface area contributed by atoms with Crippen molar-refractivity contribution in [2.24, 2.45) is 0 Å². The molecular formula is C15H12Br2O2. The molecule has 2 rings (SSSR count).